The Morgan fingerprint density at radius 1 is 0.935 bits per heavy atom. The Morgan fingerprint density at radius 2 is 1.71 bits per heavy atom. The maximum Gasteiger partial charge on any atom is 0.264 e. The second kappa shape index (κ2) is 9.07. The first-order chi connectivity index (χ1) is 15.1. The number of benzene rings is 2. The molecule has 0 atom stereocenters. The normalized spacial score (nSPS) is 21.7. The summed E-state index contributed by atoms with van der Waals surface area (Å²) in [5.74, 6) is 0.864. The standard InChI is InChI=1S/C24H25Cl2N3OS/c25-20-8-7-19(16-21(20)26)29-13-14-31-23(24(29)30)15-17-3-1-2-4-22(17)28-11-9-27(10-12-28)18-5-6-18/h1-4,7-8,15-16,18H,5-6,9-14H2/b23-15+. The summed E-state index contributed by atoms with van der Waals surface area (Å²) in [6, 6.07) is 14.6. The van der Waals surface area contributed by atoms with Crippen LogP contribution in [0.4, 0.5) is 11.4 Å². The number of rotatable bonds is 4. The minimum Gasteiger partial charge on any atom is -0.368 e. The number of anilines is 2. The van der Waals surface area contributed by atoms with Crippen LogP contribution in [0, 0.1) is 0 Å². The van der Waals surface area contributed by atoms with Crippen molar-refractivity contribution < 1.29 is 4.79 Å². The zero-order valence-electron chi connectivity index (χ0n) is 17.3. The molecule has 31 heavy (non-hydrogen) atoms. The maximum atomic E-state index is 13.3. The molecular formula is C24H25Cl2N3OS. The Kier molecular flexibility index (Phi) is 6.20. The highest BCUT2D eigenvalue weighted by Gasteiger charge is 2.31. The average molecular weight is 474 g/mol. The van der Waals surface area contributed by atoms with Gasteiger partial charge in [-0.15, -0.1) is 11.8 Å². The molecule has 0 bridgehead atoms. The van der Waals surface area contributed by atoms with Gasteiger partial charge in [0.15, 0.2) is 0 Å². The largest absolute Gasteiger partial charge is 0.368 e. The van der Waals surface area contributed by atoms with Crippen molar-refractivity contribution in [3.8, 4) is 0 Å². The highest BCUT2D eigenvalue weighted by Crippen LogP contribution is 2.35. The molecule has 3 fully saturated rings. The van der Waals surface area contributed by atoms with E-state index in [0.717, 1.165) is 54.1 Å². The number of amides is 1. The monoisotopic (exact) mass is 473 g/mol. The van der Waals surface area contributed by atoms with Crippen molar-refractivity contribution in [3.05, 3.63) is 63.0 Å². The zero-order chi connectivity index (χ0) is 21.4. The maximum absolute atomic E-state index is 13.3. The minimum atomic E-state index is 0.0167. The number of hydrogen-bond acceptors (Lipinski definition) is 4. The van der Waals surface area contributed by atoms with Crippen LogP contribution in [0.2, 0.25) is 10.0 Å². The number of carbonyl (C=O) groups is 1. The van der Waals surface area contributed by atoms with E-state index in [9.17, 15) is 4.79 Å². The molecule has 1 amide bonds. The first-order valence-electron chi connectivity index (χ1n) is 10.8. The molecule has 2 aromatic rings. The summed E-state index contributed by atoms with van der Waals surface area (Å²) in [5, 5.41) is 0.960. The third-order valence-electron chi connectivity index (χ3n) is 6.18. The van der Waals surface area contributed by atoms with Crippen LogP contribution in [0.1, 0.15) is 18.4 Å². The Labute approximate surface area is 197 Å². The number of para-hydroxylation sites is 1. The van der Waals surface area contributed by atoms with E-state index >= 15 is 0 Å². The molecule has 1 saturated carbocycles. The topological polar surface area (TPSA) is 26.8 Å². The van der Waals surface area contributed by atoms with Crippen LogP contribution in [0.5, 0.6) is 0 Å². The summed E-state index contributed by atoms with van der Waals surface area (Å²) in [4.78, 5) is 20.9. The molecule has 1 aliphatic carbocycles. The molecule has 0 N–H and O–H groups in total. The van der Waals surface area contributed by atoms with Gasteiger partial charge >= 0.3 is 0 Å². The van der Waals surface area contributed by atoms with Gasteiger partial charge in [0.25, 0.3) is 5.91 Å². The van der Waals surface area contributed by atoms with Crippen molar-refractivity contribution in [2.24, 2.45) is 0 Å². The van der Waals surface area contributed by atoms with Crippen LogP contribution >= 0.6 is 35.0 Å². The van der Waals surface area contributed by atoms with E-state index in [1.165, 1.54) is 18.5 Å². The fraction of sp³-hybridized carbons (Fsp3) is 0.375. The molecule has 4 nitrogen and oxygen atoms in total. The third kappa shape index (κ3) is 4.61. The van der Waals surface area contributed by atoms with E-state index in [1.807, 2.05) is 12.1 Å². The van der Waals surface area contributed by atoms with Gasteiger partial charge in [0.1, 0.15) is 0 Å². The Bertz CT molecular complexity index is 1020. The molecule has 162 valence electrons. The Morgan fingerprint density at radius 3 is 2.45 bits per heavy atom. The molecule has 2 aliphatic heterocycles. The second-order valence-corrected chi connectivity index (χ2v) is 10.2. The molecule has 7 heteroatoms. The number of piperazine rings is 1. The fourth-order valence-electron chi connectivity index (χ4n) is 4.35. The van der Waals surface area contributed by atoms with Gasteiger partial charge in [-0.1, -0.05) is 41.4 Å². The zero-order valence-corrected chi connectivity index (χ0v) is 19.6. The summed E-state index contributed by atoms with van der Waals surface area (Å²) in [6.07, 6.45) is 4.77. The predicted octanol–water partition coefficient (Wildman–Crippen LogP) is 5.40. The van der Waals surface area contributed by atoms with Crippen molar-refractivity contribution >= 4 is 58.3 Å². The van der Waals surface area contributed by atoms with Crippen LogP contribution in [0.3, 0.4) is 0 Å². The Hall–Kier alpha value is -1.66. The van der Waals surface area contributed by atoms with Crippen LogP contribution in [-0.2, 0) is 4.79 Å². The van der Waals surface area contributed by atoms with Gasteiger partial charge in [-0.05, 0) is 48.7 Å². The van der Waals surface area contributed by atoms with Crippen LogP contribution in [-0.4, -0.2) is 55.3 Å². The average Bonchev–Trinajstić information content (AvgIpc) is 3.63. The molecule has 2 aromatic carbocycles. The molecule has 0 aromatic heterocycles. The van der Waals surface area contributed by atoms with E-state index in [1.54, 1.807) is 28.8 Å². The highest BCUT2D eigenvalue weighted by atomic mass is 35.5. The summed E-state index contributed by atoms with van der Waals surface area (Å²) in [6.45, 7) is 4.96. The second-order valence-electron chi connectivity index (χ2n) is 8.23. The summed E-state index contributed by atoms with van der Waals surface area (Å²) in [7, 11) is 0. The van der Waals surface area contributed by atoms with E-state index in [0.29, 0.717) is 16.6 Å². The molecule has 5 rings (SSSR count). The first kappa shape index (κ1) is 21.2. The highest BCUT2D eigenvalue weighted by molar-refractivity contribution is 8.04. The van der Waals surface area contributed by atoms with Crippen LogP contribution in [0.25, 0.3) is 6.08 Å². The van der Waals surface area contributed by atoms with Gasteiger partial charge < -0.3 is 9.80 Å². The van der Waals surface area contributed by atoms with Crippen LogP contribution < -0.4 is 9.80 Å². The number of halogens is 2. The van der Waals surface area contributed by atoms with E-state index in [4.69, 9.17) is 23.2 Å². The molecule has 3 aliphatic rings. The van der Waals surface area contributed by atoms with E-state index in [2.05, 4.69) is 34.1 Å². The number of hydrogen-bond donors (Lipinski definition) is 0. The van der Waals surface area contributed by atoms with E-state index < -0.39 is 0 Å². The first-order valence-corrected chi connectivity index (χ1v) is 12.5. The minimum absolute atomic E-state index is 0.0167. The van der Waals surface area contributed by atoms with Crippen molar-refractivity contribution in [1.82, 2.24) is 4.90 Å². The summed E-state index contributed by atoms with van der Waals surface area (Å²) >= 11 is 13.9. The molecule has 0 unspecified atom stereocenters. The van der Waals surface area contributed by atoms with Crippen molar-refractivity contribution in [2.75, 3.05) is 48.3 Å². The van der Waals surface area contributed by atoms with Gasteiger partial charge in [-0.3, -0.25) is 9.69 Å². The lowest BCUT2D eigenvalue weighted by molar-refractivity contribution is -0.114. The number of carbonyl (C=O) groups excluding carboxylic acids is 1. The smallest absolute Gasteiger partial charge is 0.264 e. The summed E-state index contributed by atoms with van der Waals surface area (Å²) < 4.78 is 0. The van der Waals surface area contributed by atoms with Gasteiger partial charge in [0.05, 0.1) is 15.0 Å². The lowest BCUT2D eigenvalue weighted by atomic mass is 10.1. The molecule has 2 saturated heterocycles. The van der Waals surface area contributed by atoms with Crippen molar-refractivity contribution in [3.63, 3.8) is 0 Å². The SMILES string of the molecule is O=C1/C(=C\c2ccccc2N2CCN(C3CC3)CC2)SCCN1c1ccc(Cl)c(Cl)c1. The van der Waals surface area contributed by atoms with Crippen molar-refractivity contribution in [2.45, 2.75) is 18.9 Å². The predicted molar refractivity (Wildman–Crippen MR) is 132 cm³/mol. The number of thioether (sulfide) groups is 1. The lowest BCUT2D eigenvalue weighted by Gasteiger charge is -2.37. The van der Waals surface area contributed by atoms with Gasteiger partial charge in [-0.2, -0.15) is 0 Å². The molecular weight excluding hydrogens is 449 g/mol. The van der Waals surface area contributed by atoms with E-state index in [-0.39, 0.29) is 5.91 Å². The third-order valence-corrected chi connectivity index (χ3v) is 7.91. The number of nitrogens with zero attached hydrogens (tertiary/aromatic N) is 3. The quantitative estimate of drug-likeness (QED) is 0.555. The van der Waals surface area contributed by atoms with Crippen molar-refractivity contribution in [1.29, 1.82) is 0 Å². The molecule has 0 spiro atoms. The molecule has 2 heterocycles. The molecule has 0 radical (unpaired) electrons. The van der Waals surface area contributed by atoms with Gasteiger partial charge in [0.2, 0.25) is 0 Å². The van der Waals surface area contributed by atoms with Gasteiger partial charge in [-0.25, -0.2) is 0 Å². The Balaban J connectivity index is 1.37. The van der Waals surface area contributed by atoms with Gasteiger partial charge in [0, 0.05) is 55.9 Å². The lowest BCUT2D eigenvalue weighted by Crippen LogP contribution is -2.47. The van der Waals surface area contributed by atoms with Crippen LogP contribution in [0.15, 0.2) is 47.4 Å². The fourth-order valence-corrected chi connectivity index (χ4v) is 5.58. The summed E-state index contributed by atoms with van der Waals surface area (Å²) in [5.41, 5.74) is 3.11.